The Kier molecular flexibility index (Phi) is 5.32. The van der Waals surface area contributed by atoms with Crippen LogP contribution in [0.2, 0.25) is 0 Å². The van der Waals surface area contributed by atoms with Crippen molar-refractivity contribution in [2.45, 2.75) is 30.4 Å². The van der Waals surface area contributed by atoms with Crippen LogP contribution in [0, 0.1) is 0 Å². The molecule has 1 aliphatic rings. The number of carbonyl (C=O) groups is 1. The first kappa shape index (κ1) is 18.2. The summed E-state index contributed by atoms with van der Waals surface area (Å²) >= 11 is 2.95. The highest BCUT2D eigenvalue weighted by Gasteiger charge is 2.17. The van der Waals surface area contributed by atoms with Gasteiger partial charge in [0.1, 0.15) is 0 Å². The summed E-state index contributed by atoms with van der Waals surface area (Å²) in [5.74, 6) is -0.0222. The highest BCUT2D eigenvalue weighted by Crippen LogP contribution is 2.34. The van der Waals surface area contributed by atoms with Crippen molar-refractivity contribution >= 4 is 35.3 Å². The Balaban J connectivity index is 1.95. The minimum Gasteiger partial charge on any atom is -0.350 e. The number of benzene rings is 1. The molecule has 0 spiro atoms. The fraction of sp³-hybridized carbons (Fsp3) is 0.368. The average Bonchev–Trinajstić information content (AvgIpc) is 2.88. The van der Waals surface area contributed by atoms with Gasteiger partial charge >= 0.3 is 0 Å². The maximum atomic E-state index is 12.3. The third-order valence-corrected chi connectivity index (χ3v) is 6.15. The van der Waals surface area contributed by atoms with Crippen molar-refractivity contribution in [2.24, 2.45) is 4.40 Å². The van der Waals surface area contributed by atoms with Gasteiger partial charge in [0.2, 0.25) is 0 Å². The topological polar surface area (TPSA) is 53.5 Å². The van der Waals surface area contributed by atoms with E-state index in [0.29, 0.717) is 6.54 Å². The van der Waals surface area contributed by atoms with Gasteiger partial charge < -0.3 is 10.6 Å². The monoisotopic (exact) mass is 373 g/mol. The first-order chi connectivity index (χ1) is 11.9. The molecule has 0 saturated carbocycles. The minimum atomic E-state index is -0.0222. The number of hydrogen-bond acceptors (Lipinski definition) is 5. The van der Waals surface area contributed by atoms with E-state index in [2.05, 4.69) is 60.1 Å². The molecule has 4 nitrogen and oxygen atoms in total. The van der Waals surface area contributed by atoms with Gasteiger partial charge in [-0.2, -0.15) is 0 Å². The second-order valence-electron chi connectivity index (χ2n) is 7.06. The van der Waals surface area contributed by atoms with Gasteiger partial charge in [-0.3, -0.25) is 4.79 Å². The molecule has 132 valence electrons. The van der Waals surface area contributed by atoms with Gasteiger partial charge in [-0.25, -0.2) is 4.40 Å². The van der Waals surface area contributed by atoms with E-state index in [-0.39, 0.29) is 11.3 Å². The van der Waals surface area contributed by atoms with Crippen molar-refractivity contribution in [2.75, 3.05) is 20.1 Å². The molecule has 0 unspecified atom stereocenters. The number of hydrogen-bond donors (Lipinski definition) is 2. The Morgan fingerprint density at radius 3 is 2.72 bits per heavy atom. The molecule has 6 heteroatoms. The number of fused-ring (bicyclic) bond motifs is 2. The molecule has 2 heterocycles. The standard InChI is InChI=1S/C19H23N3OS2/c1-19(2,3)14-5-6-15-12(10-14)9-13-11-16(24-18(13)25-22-15)17(23)21-8-7-20-4/h5-6,9-11,20H,7-8H2,1-4H3,(H,21,23). The lowest BCUT2D eigenvalue weighted by atomic mass is 9.86. The van der Waals surface area contributed by atoms with Crippen LogP contribution >= 0.6 is 23.3 Å². The average molecular weight is 374 g/mol. The van der Waals surface area contributed by atoms with Crippen molar-refractivity contribution in [1.29, 1.82) is 0 Å². The number of likely N-dealkylation sites (N-methyl/N-ethyl adjacent to an activating group) is 1. The molecular weight excluding hydrogens is 350 g/mol. The molecule has 0 saturated heterocycles. The maximum Gasteiger partial charge on any atom is 0.261 e. The Morgan fingerprint density at radius 1 is 1.20 bits per heavy atom. The highest BCUT2D eigenvalue weighted by molar-refractivity contribution is 7.99. The molecule has 1 amide bonds. The number of nitrogens with one attached hydrogen (secondary N) is 2. The molecule has 2 aromatic rings. The zero-order chi connectivity index (χ0) is 18.0. The maximum absolute atomic E-state index is 12.3. The summed E-state index contributed by atoms with van der Waals surface area (Å²) in [5.41, 5.74) is 2.45. The molecule has 0 bridgehead atoms. The lowest BCUT2D eigenvalue weighted by Crippen LogP contribution is -2.29. The van der Waals surface area contributed by atoms with Crippen LogP contribution in [0.15, 0.2) is 32.9 Å². The van der Waals surface area contributed by atoms with Crippen LogP contribution in [-0.2, 0) is 5.41 Å². The first-order valence-electron chi connectivity index (χ1n) is 8.32. The molecule has 25 heavy (non-hydrogen) atoms. The summed E-state index contributed by atoms with van der Waals surface area (Å²) in [7, 11) is 1.87. The Labute approximate surface area is 156 Å². The fourth-order valence-corrected chi connectivity index (χ4v) is 4.43. The van der Waals surface area contributed by atoms with Gasteiger partial charge in [0.15, 0.2) is 0 Å². The van der Waals surface area contributed by atoms with Crippen molar-refractivity contribution in [3.8, 4) is 0 Å². The molecule has 0 aliphatic carbocycles. The molecule has 3 rings (SSSR count). The lowest BCUT2D eigenvalue weighted by molar-refractivity contribution is 0.0958. The van der Waals surface area contributed by atoms with Crippen LogP contribution in [-0.4, -0.2) is 26.0 Å². The zero-order valence-electron chi connectivity index (χ0n) is 15.0. The van der Waals surface area contributed by atoms with Gasteiger partial charge in [-0.15, -0.1) is 11.3 Å². The van der Waals surface area contributed by atoms with E-state index in [0.717, 1.165) is 31.8 Å². The van der Waals surface area contributed by atoms with Gasteiger partial charge in [-0.1, -0.05) is 26.8 Å². The third-order valence-electron chi connectivity index (χ3n) is 4.04. The number of amides is 1. The molecule has 0 radical (unpaired) electrons. The summed E-state index contributed by atoms with van der Waals surface area (Å²) in [6.07, 6.45) is 2.14. The second-order valence-corrected chi connectivity index (χ2v) is 9.15. The molecule has 0 fully saturated rings. The third kappa shape index (κ3) is 4.14. The van der Waals surface area contributed by atoms with Crippen molar-refractivity contribution in [1.82, 2.24) is 10.6 Å². The minimum absolute atomic E-state index is 0.0222. The largest absolute Gasteiger partial charge is 0.350 e. The Hall–Kier alpha value is -1.63. The van der Waals surface area contributed by atoms with Crippen LogP contribution in [0.5, 0.6) is 0 Å². The Bertz CT molecular complexity index is 910. The van der Waals surface area contributed by atoms with Gasteiger partial charge in [0.05, 0.1) is 14.4 Å². The normalized spacial score (nSPS) is 13.1. The summed E-state index contributed by atoms with van der Waals surface area (Å²) in [6, 6.07) is 8.41. The van der Waals surface area contributed by atoms with E-state index in [1.54, 1.807) is 0 Å². The number of thiophene rings is 1. The first-order valence-corrected chi connectivity index (χ1v) is 9.91. The quantitative estimate of drug-likeness (QED) is 0.639. The van der Waals surface area contributed by atoms with Crippen LogP contribution in [0.3, 0.4) is 0 Å². The van der Waals surface area contributed by atoms with Crippen molar-refractivity contribution < 1.29 is 4.79 Å². The Morgan fingerprint density at radius 2 is 2.00 bits per heavy atom. The lowest BCUT2D eigenvalue weighted by Gasteiger charge is -2.18. The van der Waals surface area contributed by atoms with Crippen LogP contribution < -0.4 is 21.2 Å². The summed E-state index contributed by atoms with van der Waals surface area (Å²) in [5, 5.41) is 8.05. The summed E-state index contributed by atoms with van der Waals surface area (Å²) in [4.78, 5) is 13.0. The van der Waals surface area contributed by atoms with Gasteiger partial charge in [-0.05, 0) is 42.3 Å². The number of nitrogens with zero attached hydrogens (tertiary/aromatic N) is 1. The van der Waals surface area contributed by atoms with E-state index >= 15 is 0 Å². The van der Waals surface area contributed by atoms with Crippen LogP contribution in [0.4, 0.5) is 0 Å². The molecule has 0 atom stereocenters. The molecule has 1 aromatic carbocycles. The number of rotatable bonds is 4. The fourth-order valence-electron chi connectivity index (χ4n) is 2.54. The molecule has 1 aromatic heterocycles. The van der Waals surface area contributed by atoms with E-state index in [4.69, 9.17) is 0 Å². The molecular formula is C19H23N3OS2. The van der Waals surface area contributed by atoms with Crippen molar-refractivity contribution in [3.05, 3.63) is 50.8 Å². The van der Waals surface area contributed by atoms with E-state index in [1.807, 2.05) is 13.1 Å². The van der Waals surface area contributed by atoms with Crippen LogP contribution in [0.25, 0.3) is 6.08 Å². The predicted octanol–water partition coefficient (Wildman–Crippen LogP) is 2.46. The van der Waals surface area contributed by atoms with E-state index < -0.39 is 0 Å². The van der Waals surface area contributed by atoms with Gasteiger partial charge in [0.25, 0.3) is 5.91 Å². The zero-order valence-corrected chi connectivity index (χ0v) is 16.6. The van der Waals surface area contributed by atoms with Crippen molar-refractivity contribution in [3.63, 3.8) is 0 Å². The van der Waals surface area contributed by atoms with Gasteiger partial charge in [0, 0.05) is 35.8 Å². The van der Waals surface area contributed by atoms with Crippen LogP contribution in [0.1, 0.15) is 41.6 Å². The molecule has 2 N–H and O–H groups in total. The molecule has 1 aliphatic heterocycles. The summed E-state index contributed by atoms with van der Waals surface area (Å²) < 4.78 is 5.72. The van der Waals surface area contributed by atoms with E-state index in [9.17, 15) is 4.79 Å². The SMILES string of the molecule is CNCCNC(=O)c1cc2c(s1)SN=c1ccc(C(C)(C)C)cc1=C2. The number of carbonyl (C=O) groups excluding carboxylic acids is 1. The summed E-state index contributed by atoms with van der Waals surface area (Å²) in [6.45, 7) is 8.01. The van der Waals surface area contributed by atoms with E-state index in [1.165, 1.54) is 28.8 Å². The smallest absolute Gasteiger partial charge is 0.261 e. The predicted molar refractivity (Wildman–Crippen MR) is 106 cm³/mol. The second kappa shape index (κ2) is 7.32. The highest BCUT2D eigenvalue weighted by atomic mass is 32.2.